The minimum atomic E-state index is -3.53. The first-order chi connectivity index (χ1) is 7.32. The van der Waals surface area contributed by atoms with E-state index in [0.717, 1.165) is 6.26 Å². The zero-order valence-corrected chi connectivity index (χ0v) is 10.5. The van der Waals surface area contributed by atoms with Crippen LogP contribution in [0.1, 0.15) is 12.5 Å². The van der Waals surface area contributed by atoms with E-state index in [9.17, 15) is 13.2 Å². The van der Waals surface area contributed by atoms with E-state index in [4.69, 9.17) is 11.6 Å². The number of rotatable bonds is 3. The van der Waals surface area contributed by atoms with Crippen LogP contribution in [0, 0.1) is 0 Å². The van der Waals surface area contributed by atoms with Crippen LogP contribution in [-0.4, -0.2) is 20.5 Å². The SMILES string of the molecule is CC(=O)C(=Cc1ccccc1Cl)S(C)(=O)=O. The fourth-order valence-corrected chi connectivity index (χ4v) is 2.26. The molecular weight excluding hydrogens is 248 g/mol. The lowest BCUT2D eigenvalue weighted by Gasteiger charge is -2.02. The molecule has 1 aromatic carbocycles. The van der Waals surface area contributed by atoms with E-state index in [-0.39, 0.29) is 4.91 Å². The van der Waals surface area contributed by atoms with E-state index in [1.807, 2.05) is 0 Å². The number of carbonyl (C=O) groups excluding carboxylic acids is 1. The molecule has 0 bridgehead atoms. The molecule has 0 atom stereocenters. The van der Waals surface area contributed by atoms with Gasteiger partial charge in [-0.2, -0.15) is 0 Å². The van der Waals surface area contributed by atoms with Crippen LogP contribution in [0.5, 0.6) is 0 Å². The Labute approximate surface area is 99.7 Å². The minimum Gasteiger partial charge on any atom is -0.294 e. The van der Waals surface area contributed by atoms with Gasteiger partial charge in [0.1, 0.15) is 4.91 Å². The van der Waals surface area contributed by atoms with Crippen LogP contribution in [0.15, 0.2) is 29.2 Å². The molecule has 1 rings (SSSR count). The van der Waals surface area contributed by atoms with E-state index in [1.165, 1.54) is 13.0 Å². The highest BCUT2D eigenvalue weighted by Gasteiger charge is 2.16. The van der Waals surface area contributed by atoms with Gasteiger partial charge in [-0.05, 0) is 24.6 Å². The summed E-state index contributed by atoms with van der Waals surface area (Å²) in [4.78, 5) is 11.0. The molecular formula is C11H11ClO3S. The van der Waals surface area contributed by atoms with Crippen molar-refractivity contribution in [1.29, 1.82) is 0 Å². The van der Waals surface area contributed by atoms with Gasteiger partial charge in [0.2, 0.25) is 0 Å². The Hall–Kier alpha value is -1.13. The summed E-state index contributed by atoms with van der Waals surface area (Å²) < 4.78 is 22.7. The maximum atomic E-state index is 11.4. The predicted molar refractivity (Wildman–Crippen MR) is 65.0 cm³/mol. The van der Waals surface area contributed by atoms with E-state index >= 15 is 0 Å². The molecule has 86 valence electrons. The van der Waals surface area contributed by atoms with Gasteiger partial charge in [0.15, 0.2) is 15.6 Å². The molecule has 3 nitrogen and oxygen atoms in total. The molecule has 5 heteroatoms. The van der Waals surface area contributed by atoms with Crippen LogP contribution < -0.4 is 0 Å². The molecule has 0 aromatic heterocycles. The van der Waals surface area contributed by atoms with E-state index < -0.39 is 15.6 Å². The molecule has 0 spiro atoms. The molecule has 16 heavy (non-hydrogen) atoms. The number of allylic oxidation sites excluding steroid dienone is 1. The highest BCUT2D eigenvalue weighted by atomic mass is 35.5. The van der Waals surface area contributed by atoms with E-state index in [1.54, 1.807) is 24.3 Å². The number of halogens is 1. The fraction of sp³-hybridized carbons (Fsp3) is 0.182. The molecule has 0 aliphatic heterocycles. The molecule has 0 heterocycles. The second-order valence-electron chi connectivity index (χ2n) is 3.36. The van der Waals surface area contributed by atoms with Crippen LogP contribution in [-0.2, 0) is 14.6 Å². The summed E-state index contributed by atoms with van der Waals surface area (Å²) in [5.74, 6) is -0.498. The summed E-state index contributed by atoms with van der Waals surface area (Å²) in [6.45, 7) is 1.21. The van der Waals surface area contributed by atoms with E-state index in [2.05, 4.69) is 0 Å². The number of benzene rings is 1. The summed E-state index contributed by atoms with van der Waals surface area (Å²) >= 11 is 5.87. The molecule has 0 N–H and O–H groups in total. The summed E-state index contributed by atoms with van der Waals surface area (Å²) in [7, 11) is -3.53. The van der Waals surface area contributed by atoms with Gasteiger partial charge < -0.3 is 0 Å². The van der Waals surface area contributed by atoms with Gasteiger partial charge in [-0.3, -0.25) is 4.79 Å². The molecule has 0 aliphatic rings. The zero-order valence-electron chi connectivity index (χ0n) is 8.90. The standard InChI is InChI=1S/C11H11ClO3S/c1-8(13)11(16(2,14)15)7-9-5-3-4-6-10(9)12/h3-7H,1-2H3. The number of sulfone groups is 1. The molecule has 1 aromatic rings. The minimum absolute atomic E-state index is 0.236. The third-order valence-electron chi connectivity index (χ3n) is 1.94. The Morgan fingerprint density at radius 3 is 2.31 bits per heavy atom. The molecule has 0 unspecified atom stereocenters. The number of hydrogen-bond donors (Lipinski definition) is 0. The predicted octanol–water partition coefficient (Wildman–Crippen LogP) is 2.31. The first-order valence-electron chi connectivity index (χ1n) is 4.49. The summed E-state index contributed by atoms with van der Waals surface area (Å²) in [6.07, 6.45) is 2.29. The number of carbonyl (C=O) groups is 1. The van der Waals surface area contributed by atoms with Crippen LogP contribution in [0.4, 0.5) is 0 Å². The van der Waals surface area contributed by atoms with Crippen molar-refractivity contribution in [1.82, 2.24) is 0 Å². The largest absolute Gasteiger partial charge is 0.294 e. The van der Waals surface area contributed by atoms with Gasteiger partial charge in [-0.1, -0.05) is 29.8 Å². The Kier molecular flexibility index (Phi) is 3.88. The average Bonchev–Trinajstić information content (AvgIpc) is 2.14. The van der Waals surface area contributed by atoms with Gasteiger partial charge in [0, 0.05) is 11.3 Å². The second kappa shape index (κ2) is 4.80. The van der Waals surface area contributed by atoms with Gasteiger partial charge >= 0.3 is 0 Å². The molecule has 0 saturated heterocycles. The van der Waals surface area contributed by atoms with Crippen LogP contribution in [0.25, 0.3) is 6.08 Å². The van der Waals surface area contributed by atoms with Crippen LogP contribution in [0.3, 0.4) is 0 Å². The monoisotopic (exact) mass is 258 g/mol. The Balaban J connectivity index is 3.36. The lowest BCUT2D eigenvalue weighted by atomic mass is 10.2. The van der Waals surface area contributed by atoms with Crippen molar-refractivity contribution in [2.45, 2.75) is 6.92 Å². The Morgan fingerprint density at radius 2 is 1.88 bits per heavy atom. The smallest absolute Gasteiger partial charge is 0.179 e. The molecule has 0 amide bonds. The summed E-state index contributed by atoms with van der Waals surface area (Å²) in [6, 6.07) is 6.73. The molecule has 0 saturated carbocycles. The third-order valence-corrected chi connectivity index (χ3v) is 3.49. The zero-order chi connectivity index (χ0) is 12.3. The first kappa shape index (κ1) is 12.9. The second-order valence-corrected chi connectivity index (χ2v) is 5.75. The van der Waals surface area contributed by atoms with Crippen molar-refractivity contribution in [3.8, 4) is 0 Å². The van der Waals surface area contributed by atoms with E-state index in [0.29, 0.717) is 10.6 Å². The van der Waals surface area contributed by atoms with Gasteiger partial charge in [-0.15, -0.1) is 0 Å². The van der Waals surface area contributed by atoms with Crippen molar-refractivity contribution >= 4 is 33.3 Å². The number of ketones is 1. The summed E-state index contributed by atoms with van der Waals surface area (Å²) in [5, 5.41) is 0.407. The maximum Gasteiger partial charge on any atom is 0.179 e. The Morgan fingerprint density at radius 1 is 1.31 bits per heavy atom. The number of Topliss-reactive ketones (excluding diaryl/α,β-unsaturated/α-hetero) is 1. The topological polar surface area (TPSA) is 51.2 Å². The van der Waals surface area contributed by atoms with Crippen LogP contribution >= 0.6 is 11.6 Å². The van der Waals surface area contributed by atoms with Crippen molar-refractivity contribution in [3.63, 3.8) is 0 Å². The van der Waals surface area contributed by atoms with Crippen LogP contribution in [0.2, 0.25) is 5.02 Å². The summed E-state index contributed by atoms with van der Waals surface area (Å²) in [5.41, 5.74) is 0.514. The quantitative estimate of drug-likeness (QED) is 0.782. The highest BCUT2D eigenvalue weighted by Crippen LogP contribution is 2.20. The van der Waals surface area contributed by atoms with Crippen molar-refractivity contribution < 1.29 is 13.2 Å². The first-order valence-corrected chi connectivity index (χ1v) is 6.76. The van der Waals surface area contributed by atoms with Crippen molar-refractivity contribution in [2.75, 3.05) is 6.26 Å². The Bertz CT molecular complexity index is 544. The van der Waals surface area contributed by atoms with Crippen molar-refractivity contribution in [3.05, 3.63) is 39.8 Å². The highest BCUT2D eigenvalue weighted by molar-refractivity contribution is 7.95. The van der Waals surface area contributed by atoms with Gasteiger partial charge in [-0.25, -0.2) is 8.42 Å². The molecule has 0 aliphatic carbocycles. The maximum absolute atomic E-state index is 11.4. The molecule has 0 radical (unpaired) electrons. The fourth-order valence-electron chi connectivity index (χ4n) is 1.20. The normalized spacial score (nSPS) is 12.6. The average molecular weight is 259 g/mol. The third kappa shape index (κ3) is 3.18. The number of hydrogen-bond acceptors (Lipinski definition) is 3. The van der Waals surface area contributed by atoms with Gasteiger partial charge in [0.05, 0.1) is 0 Å². The lowest BCUT2D eigenvalue weighted by molar-refractivity contribution is -0.112. The molecule has 0 fully saturated rings. The lowest BCUT2D eigenvalue weighted by Crippen LogP contribution is -2.08. The van der Waals surface area contributed by atoms with Crippen molar-refractivity contribution in [2.24, 2.45) is 0 Å². The van der Waals surface area contributed by atoms with Gasteiger partial charge in [0.25, 0.3) is 0 Å².